The van der Waals surface area contributed by atoms with Gasteiger partial charge >= 0.3 is 5.16 Å². The molecule has 0 bridgehead atoms. The van der Waals surface area contributed by atoms with E-state index in [0.29, 0.717) is 10.7 Å². The number of nitrogens with zero attached hydrogens (tertiary/aromatic N) is 3. The third-order valence-electron chi connectivity index (χ3n) is 5.00. The molecular weight excluding hydrogens is 514 g/mol. The Kier molecular flexibility index (Phi) is 7.44. The first kappa shape index (κ1) is 23.7. The highest BCUT2D eigenvalue weighted by Gasteiger charge is 2.24. The van der Waals surface area contributed by atoms with Crippen molar-refractivity contribution in [1.82, 2.24) is 15.6 Å². The minimum absolute atomic E-state index is 0.0786. The quantitative estimate of drug-likeness (QED) is 0.138. The predicted molar refractivity (Wildman–Crippen MR) is 137 cm³/mol. The SMILES string of the molecule is Cc1ccc(-c2[nH]nc(SCC(=O)NN=Cc3cc(Br)ccc3O)[n+]2-c2ccc(C)cc2)cc1. The molecule has 1 heterocycles. The summed E-state index contributed by atoms with van der Waals surface area (Å²) in [7, 11) is 0. The third kappa shape index (κ3) is 5.73. The molecule has 0 saturated carbocycles. The predicted octanol–water partition coefficient (Wildman–Crippen LogP) is 4.68. The average Bonchev–Trinajstić information content (AvgIpc) is 3.25. The lowest BCUT2D eigenvalue weighted by Crippen LogP contribution is -2.34. The molecule has 0 saturated heterocycles. The number of rotatable bonds is 7. The van der Waals surface area contributed by atoms with Gasteiger partial charge in [-0.15, -0.1) is 5.10 Å². The summed E-state index contributed by atoms with van der Waals surface area (Å²) >= 11 is 4.65. The van der Waals surface area contributed by atoms with Gasteiger partial charge in [-0.2, -0.15) is 9.67 Å². The second-order valence-electron chi connectivity index (χ2n) is 7.68. The number of H-pyrrole nitrogens is 1. The van der Waals surface area contributed by atoms with Crippen molar-refractivity contribution in [2.24, 2.45) is 5.10 Å². The van der Waals surface area contributed by atoms with Crippen LogP contribution in [0.1, 0.15) is 16.7 Å². The van der Waals surface area contributed by atoms with Crippen LogP contribution < -0.4 is 9.99 Å². The van der Waals surface area contributed by atoms with Crippen molar-refractivity contribution in [3.05, 3.63) is 87.9 Å². The van der Waals surface area contributed by atoms with E-state index < -0.39 is 0 Å². The second kappa shape index (κ2) is 10.7. The number of halogens is 1. The average molecular weight is 537 g/mol. The number of carbonyl (C=O) groups excluding carboxylic acids is 1. The summed E-state index contributed by atoms with van der Waals surface area (Å²) in [5, 5.41) is 22.1. The highest BCUT2D eigenvalue weighted by atomic mass is 79.9. The molecule has 4 rings (SSSR count). The van der Waals surface area contributed by atoms with Crippen molar-refractivity contribution in [2.75, 3.05) is 5.75 Å². The molecule has 172 valence electrons. The maximum Gasteiger partial charge on any atom is 0.342 e. The van der Waals surface area contributed by atoms with Gasteiger partial charge in [0.25, 0.3) is 11.7 Å². The zero-order valence-electron chi connectivity index (χ0n) is 18.6. The molecule has 7 nitrogen and oxygen atoms in total. The fraction of sp³-hybridized carbons (Fsp3) is 0.120. The van der Waals surface area contributed by atoms with E-state index in [4.69, 9.17) is 0 Å². The number of nitrogens with one attached hydrogen (secondary N) is 2. The number of aromatic amines is 1. The Hall–Kier alpha value is -3.43. The molecule has 3 N–H and O–H groups in total. The van der Waals surface area contributed by atoms with Crippen LogP contribution in [0.3, 0.4) is 0 Å². The Bertz CT molecular complexity index is 1330. The van der Waals surface area contributed by atoms with Crippen molar-refractivity contribution < 1.29 is 14.5 Å². The van der Waals surface area contributed by atoms with Gasteiger partial charge in [-0.25, -0.2) is 5.43 Å². The number of phenols is 1. The van der Waals surface area contributed by atoms with E-state index in [0.717, 1.165) is 27.1 Å². The zero-order valence-corrected chi connectivity index (χ0v) is 21.0. The van der Waals surface area contributed by atoms with Crippen molar-refractivity contribution in [1.29, 1.82) is 0 Å². The first-order valence-electron chi connectivity index (χ1n) is 10.5. The van der Waals surface area contributed by atoms with E-state index in [-0.39, 0.29) is 17.4 Å². The smallest absolute Gasteiger partial charge is 0.342 e. The summed E-state index contributed by atoms with van der Waals surface area (Å²) in [5.41, 5.74) is 7.26. The van der Waals surface area contributed by atoms with Crippen LogP contribution in [-0.4, -0.2) is 33.2 Å². The molecule has 0 aliphatic rings. The normalized spacial score (nSPS) is 11.1. The molecule has 3 aromatic carbocycles. The summed E-state index contributed by atoms with van der Waals surface area (Å²) < 4.78 is 2.81. The molecule has 0 unspecified atom stereocenters. The number of carbonyl (C=O) groups is 1. The Morgan fingerprint density at radius 1 is 1.12 bits per heavy atom. The van der Waals surface area contributed by atoms with Crippen LogP contribution in [0.2, 0.25) is 0 Å². The van der Waals surface area contributed by atoms with Gasteiger partial charge in [0.2, 0.25) is 0 Å². The summed E-state index contributed by atoms with van der Waals surface area (Å²) in [4.78, 5) is 12.4. The molecule has 0 radical (unpaired) electrons. The topological polar surface area (TPSA) is 94.2 Å². The van der Waals surface area contributed by atoms with E-state index in [1.807, 2.05) is 54.8 Å². The van der Waals surface area contributed by atoms with Gasteiger partial charge in [-0.3, -0.25) is 4.79 Å². The van der Waals surface area contributed by atoms with Gasteiger partial charge in [-0.1, -0.05) is 51.3 Å². The number of phenolic OH excluding ortho intramolecular Hbond substituents is 1. The Balaban J connectivity index is 1.51. The van der Waals surface area contributed by atoms with E-state index in [2.05, 4.69) is 48.8 Å². The monoisotopic (exact) mass is 536 g/mol. The standard InChI is InChI=1S/C25H22BrN5O2S/c1-16-3-7-18(8-4-16)24-29-30-25(31(24)21-10-5-17(2)6-11-21)34-15-23(33)28-27-14-19-13-20(26)9-12-22(19)32/h3-14H,15H2,1-2H3,(H2,27,28,32,33)/p+1. The van der Waals surface area contributed by atoms with Crippen LogP contribution in [0.15, 0.2) is 81.5 Å². The number of benzene rings is 3. The van der Waals surface area contributed by atoms with Crippen LogP contribution >= 0.6 is 27.7 Å². The van der Waals surface area contributed by atoms with Gasteiger partial charge in [0.1, 0.15) is 11.4 Å². The first-order valence-corrected chi connectivity index (χ1v) is 12.3. The van der Waals surface area contributed by atoms with Crippen LogP contribution in [0.4, 0.5) is 0 Å². The fourth-order valence-corrected chi connectivity index (χ4v) is 4.34. The second-order valence-corrected chi connectivity index (χ2v) is 9.53. The first-order chi connectivity index (χ1) is 16.4. The summed E-state index contributed by atoms with van der Waals surface area (Å²) in [6.45, 7) is 4.09. The van der Waals surface area contributed by atoms with E-state index in [1.165, 1.54) is 23.5 Å². The Morgan fingerprint density at radius 3 is 2.50 bits per heavy atom. The lowest BCUT2D eigenvalue weighted by atomic mass is 10.1. The number of aryl methyl sites for hydroxylation is 2. The maximum absolute atomic E-state index is 12.4. The maximum atomic E-state index is 12.4. The van der Waals surface area contributed by atoms with Crippen molar-refractivity contribution in [3.8, 4) is 22.8 Å². The molecular formula is C25H23BrN5O2S+. The van der Waals surface area contributed by atoms with Gasteiger partial charge in [0.05, 0.1) is 22.6 Å². The molecule has 9 heteroatoms. The number of hydrogen-bond acceptors (Lipinski definition) is 5. The number of amides is 1. The molecule has 0 spiro atoms. The number of thioether (sulfide) groups is 1. The van der Waals surface area contributed by atoms with E-state index >= 15 is 0 Å². The van der Waals surface area contributed by atoms with Crippen LogP contribution in [0.25, 0.3) is 17.1 Å². The minimum atomic E-state index is -0.286. The third-order valence-corrected chi connectivity index (χ3v) is 6.44. The van der Waals surface area contributed by atoms with Gasteiger partial charge < -0.3 is 5.11 Å². The fourth-order valence-electron chi connectivity index (χ4n) is 3.20. The molecule has 0 aliphatic carbocycles. The number of hydrogen-bond donors (Lipinski definition) is 3. The largest absolute Gasteiger partial charge is 0.507 e. The Morgan fingerprint density at radius 2 is 1.79 bits per heavy atom. The van der Waals surface area contributed by atoms with Crippen molar-refractivity contribution in [2.45, 2.75) is 19.0 Å². The summed E-state index contributed by atoms with van der Waals surface area (Å²) in [6.07, 6.45) is 1.40. The number of aromatic hydroxyl groups is 1. The molecule has 34 heavy (non-hydrogen) atoms. The molecule has 0 aliphatic heterocycles. The number of aromatic nitrogens is 3. The van der Waals surface area contributed by atoms with Crippen LogP contribution in [0, 0.1) is 13.8 Å². The highest BCUT2D eigenvalue weighted by Crippen LogP contribution is 2.22. The Labute approximate surface area is 210 Å². The number of hydrazone groups is 1. The van der Waals surface area contributed by atoms with E-state index in [9.17, 15) is 9.90 Å². The zero-order chi connectivity index (χ0) is 24.1. The summed E-state index contributed by atoms with van der Waals surface area (Å²) in [6, 6.07) is 21.3. The van der Waals surface area contributed by atoms with Gasteiger partial charge in [0.15, 0.2) is 0 Å². The minimum Gasteiger partial charge on any atom is -0.507 e. The highest BCUT2D eigenvalue weighted by molar-refractivity contribution is 9.10. The lowest BCUT2D eigenvalue weighted by molar-refractivity contribution is -0.625. The molecule has 1 aromatic heterocycles. The molecule has 0 fully saturated rings. The molecule has 1 amide bonds. The van der Waals surface area contributed by atoms with E-state index in [1.54, 1.807) is 18.2 Å². The molecule has 4 aromatic rings. The summed E-state index contributed by atoms with van der Waals surface area (Å²) in [5.74, 6) is 0.738. The van der Waals surface area contributed by atoms with Crippen molar-refractivity contribution in [3.63, 3.8) is 0 Å². The van der Waals surface area contributed by atoms with Crippen LogP contribution in [-0.2, 0) is 4.79 Å². The van der Waals surface area contributed by atoms with Gasteiger partial charge in [0, 0.05) is 10.0 Å². The van der Waals surface area contributed by atoms with Crippen LogP contribution in [0.5, 0.6) is 5.75 Å². The molecule has 0 atom stereocenters. The lowest BCUT2D eigenvalue weighted by Gasteiger charge is -2.05. The van der Waals surface area contributed by atoms with Gasteiger partial charge in [-0.05, 0) is 68.1 Å². The van der Waals surface area contributed by atoms with Crippen molar-refractivity contribution >= 4 is 39.8 Å².